The fraction of sp³-hybridized carbons (Fsp3) is 0.250. The molecule has 0 spiro atoms. The van der Waals surface area contributed by atoms with Crippen molar-refractivity contribution in [2.45, 2.75) is 45.7 Å². The van der Waals surface area contributed by atoms with Gasteiger partial charge in [-0.15, -0.1) is 0 Å². The van der Waals surface area contributed by atoms with Gasteiger partial charge in [0, 0.05) is 17.7 Å². The zero-order chi connectivity index (χ0) is 35.6. The molecule has 0 bridgehead atoms. The number of primary amides is 1. The minimum atomic E-state index is -4.48. The van der Waals surface area contributed by atoms with Crippen molar-refractivity contribution in [3.05, 3.63) is 108 Å². The van der Waals surface area contributed by atoms with Crippen LogP contribution in [-0.4, -0.2) is 41.2 Å². The third-order valence-corrected chi connectivity index (χ3v) is 7.14. The first-order valence-corrected chi connectivity index (χ1v) is 15.5. The molecule has 1 aromatic heterocycles. The van der Waals surface area contributed by atoms with Gasteiger partial charge in [-0.3, -0.25) is 9.59 Å². The van der Waals surface area contributed by atoms with E-state index in [9.17, 15) is 22.8 Å². The average Bonchev–Trinajstić information content (AvgIpc) is 3.43. The van der Waals surface area contributed by atoms with Crippen molar-refractivity contribution < 1.29 is 32.2 Å². The minimum absolute atomic E-state index is 0.0941. The highest BCUT2D eigenvalue weighted by atomic mass is 19.4. The summed E-state index contributed by atoms with van der Waals surface area (Å²) in [4.78, 5) is 29.5. The average molecular weight is 677 g/mol. The Morgan fingerprint density at radius 2 is 1.65 bits per heavy atom. The number of nitrogens with two attached hydrogens (primary N) is 2. The zero-order valence-corrected chi connectivity index (χ0v) is 27.4. The first-order valence-electron chi connectivity index (χ1n) is 15.5. The van der Waals surface area contributed by atoms with Crippen molar-refractivity contribution in [3.63, 3.8) is 0 Å². The quantitative estimate of drug-likeness (QED) is 0.115. The van der Waals surface area contributed by atoms with E-state index in [0.717, 1.165) is 25.1 Å². The highest BCUT2D eigenvalue weighted by Gasteiger charge is 2.30. The zero-order valence-electron chi connectivity index (χ0n) is 27.4. The van der Waals surface area contributed by atoms with Crippen molar-refractivity contribution in [1.82, 2.24) is 20.2 Å². The van der Waals surface area contributed by atoms with E-state index in [4.69, 9.17) is 20.9 Å². The van der Waals surface area contributed by atoms with Gasteiger partial charge in [-0.05, 0) is 92.2 Å². The van der Waals surface area contributed by atoms with Crippen LogP contribution >= 0.6 is 0 Å². The van der Waals surface area contributed by atoms with Gasteiger partial charge < -0.3 is 36.1 Å². The van der Waals surface area contributed by atoms with Crippen molar-refractivity contribution in [3.8, 4) is 28.6 Å². The number of hydrogen-bond acceptors (Lipinski definition) is 7. The standard InChI is InChI=1S/C31H25F3N4O4.C5H14N2/c1-41-23-9-11-24(12-10-23)42-25-7-3-5-20(15-25)29-37-26-16-21(8-13-27(26)38(29)18-28(35)39)30(40)36-17-19-4-2-6-22(14-19)31(32,33)34;1-3-4-7-5(2)6/h2-16H,17-18H2,1H3,(H2,35,39)(H,36,40);5,7H,3-4,6H2,1-2H3. The number of methoxy groups -OCH3 is 1. The molecule has 2 amide bonds. The molecule has 10 nitrogen and oxygen atoms in total. The Bertz CT molecular complexity index is 1870. The summed E-state index contributed by atoms with van der Waals surface area (Å²) in [5, 5.41) is 5.72. The van der Waals surface area contributed by atoms with E-state index in [0.29, 0.717) is 45.2 Å². The number of halogens is 3. The van der Waals surface area contributed by atoms with E-state index in [1.807, 2.05) is 13.0 Å². The van der Waals surface area contributed by atoms with Crippen molar-refractivity contribution in [1.29, 1.82) is 0 Å². The fourth-order valence-electron chi connectivity index (χ4n) is 4.80. The molecule has 0 saturated carbocycles. The smallest absolute Gasteiger partial charge is 0.416 e. The predicted octanol–water partition coefficient (Wildman–Crippen LogP) is 6.23. The lowest BCUT2D eigenvalue weighted by molar-refractivity contribution is -0.137. The highest BCUT2D eigenvalue weighted by molar-refractivity contribution is 5.98. The molecule has 0 saturated heterocycles. The number of imidazole rings is 1. The Kier molecular flexibility index (Phi) is 12.4. The lowest BCUT2D eigenvalue weighted by atomic mass is 10.1. The van der Waals surface area contributed by atoms with E-state index in [2.05, 4.69) is 22.5 Å². The van der Waals surface area contributed by atoms with E-state index in [-0.39, 0.29) is 24.8 Å². The number of nitrogens with zero attached hydrogens (tertiary/aromatic N) is 2. The summed E-state index contributed by atoms with van der Waals surface area (Å²) in [6.45, 7) is 4.84. The maximum Gasteiger partial charge on any atom is 0.416 e. The molecule has 5 rings (SSSR count). The number of fused-ring (bicyclic) bond motifs is 1. The number of hydrogen-bond donors (Lipinski definition) is 4. The predicted molar refractivity (Wildman–Crippen MR) is 182 cm³/mol. The summed E-state index contributed by atoms with van der Waals surface area (Å²) in [7, 11) is 1.58. The number of alkyl halides is 3. The molecular formula is C36H39F3N6O4. The van der Waals surface area contributed by atoms with Crippen molar-refractivity contribution >= 4 is 22.8 Å². The molecule has 0 radical (unpaired) electrons. The second-order valence-electron chi connectivity index (χ2n) is 11.1. The Balaban J connectivity index is 0.000000698. The number of nitrogens with one attached hydrogen (secondary N) is 2. The fourth-order valence-corrected chi connectivity index (χ4v) is 4.80. The van der Waals surface area contributed by atoms with Gasteiger partial charge in [-0.2, -0.15) is 13.2 Å². The van der Waals surface area contributed by atoms with Crippen LogP contribution in [0.1, 0.15) is 41.8 Å². The minimum Gasteiger partial charge on any atom is -0.497 e. The summed E-state index contributed by atoms with van der Waals surface area (Å²) in [5.74, 6) is 1.19. The van der Waals surface area contributed by atoms with Crippen LogP contribution in [0.15, 0.2) is 91.0 Å². The molecule has 13 heteroatoms. The summed E-state index contributed by atoms with van der Waals surface area (Å²) in [6.07, 6.45) is -3.17. The molecule has 0 aliphatic heterocycles. The number of amides is 2. The van der Waals surface area contributed by atoms with E-state index in [1.54, 1.807) is 72.3 Å². The molecule has 4 aromatic carbocycles. The number of ether oxygens (including phenoxy) is 2. The third-order valence-electron chi connectivity index (χ3n) is 7.14. The highest BCUT2D eigenvalue weighted by Crippen LogP contribution is 2.31. The van der Waals surface area contributed by atoms with Crippen LogP contribution in [0.3, 0.4) is 0 Å². The molecule has 1 heterocycles. The third kappa shape index (κ3) is 10.3. The lowest BCUT2D eigenvalue weighted by Crippen LogP contribution is -2.34. The Hall–Kier alpha value is -5.40. The number of rotatable bonds is 12. The first kappa shape index (κ1) is 36.4. The van der Waals surface area contributed by atoms with Crippen LogP contribution in [0.25, 0.3) is 22.4 Å². The number of carbonyl (C=O) groups is 2. The van der Waals surface area contributed by atoms with E-state index in [1.165, 1.54) is 12.1 Å². The molecule has 1 unspecified atom stereocenters. The van der Waals surface area contributed by atoms with Crippen LogP contribution < -0.4 is 31.6 Å². The lowest BCUT2D eigenvalue weighted by Gasteiger charge is -2.10. The molecule has 0 aliphatic carbocycles. The molecule has 49 heavy (non-hydrogen) atoms. The van der Waals surface area contributed by atoms with E-state index < -0.39 is 23.6 Å². The molecule has 258 valence electrons. The Morgan fingerprint density at radius 3 is 2.29 bits per heavy atom. The Morgan fingerprint density at radius 1 is 0.939 bits per heavy atom. The van der Waals surface area contributed by atoms with Crippen molar-refractivity contribution in [2.24, 2.45) is 11.5 Å². The van der Waals surface area contributed by atoms with Gasteiger partial charge in [0.05, 0.1) is 29.9 Å². The first-order chi connectivity index (χ1) is 23.4. The second-order valence-corrected chi connectivity index (χ2v) is 11.1. The van der Waals surface area contributed by atoms with Gasteiger partial charge in [-0.25, -0.2) is 4.98 Å². The SMILES string of the molecule is CCCNC(C)N.COc1ccc(Oc2cccc(-c3nc4cc(C(=O)NCc5cccc(C(F)(F)F)c5)ccc4n3CC(N)=O)c2)cc1. The van der Waals surface area contributed by atoms with Gasteiger partial charge >= 0.3 is 6.18 Å². The van der Waals surface area contributed by atoms with E-state index >= 15 is 0 Å². The van der Waals surface area contributed by atoms with Crippen LogP contribution in [-0.2, 0) is 24.1 Å². The maximum absolute atomic E-state index is 13.0. The topological polar surface area (TPSA) is 147 Å². The monoisotopic (exact) mass is 676 g/mol. The molecular weight excluding hydrogens is 637 g/mol. The Labute approximate surface area is 282 Å². The van der Waals surface area contributed by atoms with Crippen LogP contribution in [0.5, 0.6) is 17.2 Å². The molecule has 1 atom stereocenters. The summed E-state index contributed by atoms with van der Waals surface area (Å²) < 4.78 is 51.9. The molecule has 0 fully saturated rings. The number of carbonyl (C=O) groups excluding carboxylic acids is 2. The largest absolute Gasteiger partial charge is 0.497 e. The van der Waals surface area contributed by atoms with Gasteiger partial charge in [0.15, 0.2) is 0 Å². The second kappa shape index (κ2) is 16.6. The molecule has 6 N–H and O–H groups in total. The normalized spacial score (nSPS) is 11.7. The molecule has 5 aromatic rings. The van der Waals surface area contributed by atoms with Gasteiger partial charge in [0.2, 0.25) is 5.91 Å². The number of aromatic nitrogens is 2. The van der Waals surface area contributed by atoms with Gasteiger partial charge in [0.25, 0.3) is 5.91 Å². The summed E-state index contributed by atoms with van der Waals surface area (Å²) in [6, 6.07) is 23.7. The van der Waals surface area contributed by atoms with Gasteiger partial charge in [-0.1, -0.05) is 31.2 Å². The van der Waals surface area contributed by atoms with Crippen LogP contribution in [0.2, 0.25) is 0 Å². The van der Waals surface area contributed by atoms with Gasteiger partial charge in [0.1, 0.15) is 29.6 Å². The number of benzene rings is 4. The van der Waals surface area contributed by atoms with Crippen LogP contribution in [0, 0.1) is 0 Å². The summed E-state index contributed by atoms with van der Waals surface area (Å²) >= 11 is 0. The molecule has 0 aliphatic rings. The van der Waals surface area contributed by atoms with Crippen LogP contribution in [0.4, 0.5) is 13.2 Å². The van der Waals surface area contributed by atoms with Crippen molar-refractivity contribution in [2.75, 3.05) is 13.7 Å². The summed E-state index contributed by atoms with van der Waals surface area (Å²) in [5.41, 5.74) is 12.3. The maximum atomic E-state index is 13.0.